The molecule has 0 unspecified atom stereocenters. The summed E-state index contributed by atoms with van der Waals surface area (Å²) >= 11 is 1.46. The number of nitrogen functional groups attached to an aromatic ring is 1. The lowest BCUT2D eigenvalue weighted by Gasteiger charge is -2.09. The normalized spacial score (nSPS) is 10.9. The van der Waals surface area contributed by atoms with Crippen LogP contribution < -0.4 is 21.7 Å². The number of pyridine rings is 1. The minimum atomic E-state index is -1.12. The van der Waals surface area contributed by atoms with Gasteiger partial charge in [-0.05, 0) is 53.8 Å². The van der Waals surface area contributed by atoms with Gasteiger partial charge < -0.3 is 26.8 Å². The van der Waals surface area contributed by atoms with Gasteiger partial charge in [0, 0.05) is 44.9 Å². The van der Waals surface area contributed by atoms with Crippen molar-refractivity contribution in [3.63, 3.8) is 0 Å². The Morgan fingerprint density at radius 2 is 1.83 bits per heavy atom. The van der Waals surface area contributed by atoms with Crippen molar-refractivity contribution in [2.75, 3.05) is 22.9 Å². The van der Waals surface area contributed by atoms with E-state index in [4.69, 9.17) is 10.8 Å². The van der Waals surface area contributed by atoms with E-state index in [1.165, 1.54) is 17.4 Å². The zero-order chi connectivity index (χ0) is 25.7. The lowest BCUT2D eigenvalue weighted by Crippen LogP contribution is -2.27. The monoisotopic (exact) mass is 501 g/mol. The molecule has 0 spiro atoms. The van der Waals surface area contributed by atoms with Gasteiger partial charge in [-0.1, -0.05) is 24.3 Å². The van der Waals surface area contributed by atoms with Crippen LogP contribution in [0.1, 0.15) is 11.1 Å². The molecule has 0 aliphatic heterocycles. The molecule has 2 aromatic heterocycles. The first-order valence-electron chi connectivity index (χ1n) is 10.9. The second-order valence-electron chi connectivity index (χ2n) is 7.92. The van der Waals surface area contributed by atoms with Gasteiger partial charge in [-0.3, -0.25) is 9.59 Å². The lowest BCUT2D eigenvalue weighted by atomic mass is 10.0. The number of rotatable bonds is 7. The number of fused-ring (bicyclic) bond motifs is 1. The summed E-state index contributed by atoms with van der Waals surface area (Å²) in [7, 11) is 0. The molecule has 10 heteroatoms. The molecule has 4 aromatic rings. The van der Waals surface area contributed by atoms with Gasteiger partial charge in [0.15, 0.2) is 0 Å². The average molecular weight is 502 g/mol. The Hall–Kier alpha value is -4.70. The smallest absolute Gasteiger partial charge is 0.323 e. The van der Waals surface area contributed by atoms with Crippen LogP contribution in [-0.2, 0) is 9.59 Å². The molecule has 0 aliphatic rings. The number of carboxylic acid groups (broad SMARTS) is 1. The third-order valence-corrected chi connectivity index (χ3v) is 6.24. The Labute approximate surface area is 210 Å². The van der Waals surface area contributed by atoms with Gasteiger partial charge in [-0.2, -0.15) is 0 Å². The summed E-state index contributed by atoms with van der Waals surface area (Å²) < 4.78 is 0.847. The quantitative estimate of drug-likeness (QED) is 0.232. The Kier molecular flexibility index (Phi) is 7.26. The Morgan fingerprint density at radius 3 is 2.56 bits per heavy atom. The predicted molar refractivity (Wildman–Crippen MR) is 143 cm³/mol. The first-order valence-corrected chi connectivity index (χ1v) is 11.8. The molecular weight excluding hydrogens is 478 g/mol. The minimum absolute atomic E-state index is 0.341. The molecule has 0 saturated carbocycles. The molecule has 36 heavy (non-hydrogen) atoms. The minimum Gasteiger partial charge on any atom is -0.480 e. The number of nitrogens with zero attached hydrogens (tertiary/aromatic N) is 1. The highest BCUT2D eigenvalue weighted by Gasteiger charge is 2.14. The van der Waals surface area contributed by atoms with E-state index in [1.807, 2.05) is 48.7 Å². The number of nitrogens with two attached hydrogens (primary N) is 1. The molecule has 0 aliphatic carbocycles. The average Bonchev–Trinajstić information content (AvgIpc) is 3.29. The molecule has 0 radical (unpaired) electrons. The molecule has 9 nitrogen and oxygen atoms in total. The van der Waals surface area contributed by atoms with Crippen LogP contribution in [0.25, 0.3) is 27.3 Å². The molecule has 0 saturated heterocycles. The van der Waals surface area contributed by atoms with Crippen LogP contribution in [0, 0.1) is 6.92 Å². The number of aromatic nitrogens is 1. The van der Waals surface area contributed by atoms with Crippen LogP contribution in [0.3, 0.4) is 0 Å². The number of benzene rings is 2. The summed E-state index contributed by atoms with van der Waals surface area (Å²) in [4.78, 5) is 39.0. The van der Waals surface area contributed by atoms with Gasteiger partial charge in [0.1, 0.15) is 12.4 Å². The van der Waals surface area contributed by atoms with E-state index in [0.29, 0.717) is 22.8 Å². The van der Waals surface area contributed by atoms with E-state index in [2.05, 4.69) is 20.9 Å². The second kappa shape index (κ2) is 10.7. The largest absolute Gasteiger partial charge is 0.480 e. The highest BCUT2D eigenvalue weighted by atomic mass is 32.1. The maximum Gasteiger partial charge on any atom is 0.323 e. The number of hydrogen-bond donors (Lipinski definition) is 5. The number of carbonyl (C=O) groups is 3. The van der Waals surface area contributed by atoms with Crippen molar-refractivity contribution in [1.82, 2.24) is 10.3 Å². The summed E-state index contributed by atoms with van der Waals surface area (Å²) in [5.74, 6) is -1.29. The summed E-state index contributed by atoms with van der Waals surface area (Å²) in [6, 6.07) is 14.6. The van der Waals surface area contributed by atoms with Crippen LogP contribution in [0.4, 0.5) is 22.0 Å². The van der Waals surface area contributed by atoms with E-state index in [-0.39, 0.29) is 6.03 Å². The first kappa shape index (κ1) is 24.4. The standard InChI is InChI=1S/C26H23N5O4S/c1-15-3-2-4-19(11-15)31-26(35)30-18-8-5-16(6-9-18)20-14-36-24-17(12-29-25(27)23(20)24)7-10-21(32)28-13-22(33)34/h2-12,14H,13H2,1H3,(H2,27,29)(H,28,32)(H,33,34)(H2,30,31,35)/b10-7+. The van der Waals surface area contributed by atoms with Crippen LogP contribution >= 0.6 is 11.3 Å². The third-order valence-electron chi connectivity index (χ3n) is 5.21. The Morgan fingerprint density at radius 1 is 1.08 bits per heavy atom. The predicted octanol–water partition coefficient (Wildman–Crippen LogP) is 4.71. The number of thiophene rings is 1. The number of carboxylic acids is 1. The van der Waals surface area contributed by atoms with Crippen molar-refractivity contribution in [2.24, 2.45) is 0 Å². The van der Waals surface area contributed by atoms with Crippen molar-refractivity contribution < 1.29 is 19.5 Å². The van der Waals surface area contributed by atoms with E-state index < -0.39 is 18.4 Å². The van der Waals surface area contributed by atoms with Crippen molar-refractivity contribution >= 4 is 62.6 Å². The number of urea groups is 1. The zero-order valence-electron chi connectivity index (χ0n) is 19.2. The van der Waals surface area contributed by atoms with E-state index in [0.717, 1.165) is 26.8 Å². The SMILES string of the molecule is Cc1cccc(NC(=O)Nc2ccc(-c3csc4c(/C=C/C(=O)NCC(=O)O)cnc(N)c34)cc2)c1. The van der Waals surface area contributed by atoms with Gasteiger partial charge in [-0.15, -0.1) is 11.3 Å². The van der Waals surface area contributed by atoms with Crippen LogP contribution in [0.5, 0.6) is 0 Å². The summed E-state index contributed by atoms with van der Waals surface area (Å²) in [5.41, 5.74) is 11.0. The fourth-order valence-electron chi connectivity index (χ4n) is 3.55. The van der Waals surface area contributed by atoms with Gasteiger partial charge in [0.25, 0.3) is 0 Å². The van der Waals surface area contributed by atoms with Crippen LogP contribution in [0.2, 0.25) is 0 Å². The molecule has 182 valence electrons. The van der Waals surface area contributed by atoms with Crippen molar-refractivity contribution in [3.8, 4) is 11.1 Å². The Bertz CT molecular complexity index is 1480. The van der Waals surface area contributed by atoms with E-state index in [9.17, 15) is 14.4 Å². The van der Waals surface area contributed by atoms with Crippen molar-refractivity contribution in [1.29, 1.82) is 0 Å². The number of anilines is 3. The number of hydrogen-bond acceptors (Lipinski definition) is 6. The highest BCUT2D eigenvalue weighted by Crippen LogP contribution is 2.39. The van der Waals surface area contributed by atoms with E-state index in [1.54, 1.807) is 24.4 Å². The fourth-order valence-corrected chi connectivity index (χ4v) is 4.63. The Balaban J connectivity index is 1.51. The first-order chi connectivity index (χ1) is 17.3. The van der Waals surface area contributed by atoms with Gasteiger partial charge in [0.05, 0.1) is 0 Å². The fraction of sp³-hybridized carbons (Fsp3) is 0.0769. The zero-order valence-corrected chi connectivity index (χ0v) is 20.1. The lowest BCUT2D eigenvalue weighted by molar-refractivity contribution is -0.137. The van der Waals surface area contributed by atoms with Gasteiger partial charge in [-0.25, -0.2) is 9.78 Å². The van der Waals surface area contributed by atoms with Crippen LogP contribution in [0.15, 0.2) is 66.2 Å². The topological polar surface area (TPSA) is 146 Å². The third kappa shape index (κ3) is 5.86. The number of carbonyl (C=O) groups excluding carboxylic acids is 2. The number of aryl methyl sites for hydroxylation is 1. The maximum atomic E-state index is 12.3. The highest BCUT2D eigenvalue weighted by molar-refractivity contribution is 7.18. The van der Waals surface area contributed by atoms with Crippen molar-refractivity contribution in [2.45, 2.75) is 6.92 Å². The molecule has 2 aromatic carbocycles. The molecule has 6 N–H and O–H groups in total. The molecular formula is C26H23N5O4S. The molecule has 4 rings (SSSR count). The summed E-state index contributed by atoms with van der Waals surface area (Å²) in [6.45, 7) is 1.50. The number of amides is 3. The van der Waals surface area contributed by atoms with Gasteiger partial charge >= 0.3 is 12.0 Å². The van der Waals surface area contributed by atoms with Crippen LogP contribution in [-0.4, -0.2) is 34.5 Å². The molecule has 0 bridgehead atoms. The van der Waals surface area contributed by atoms with Gasteiger partial charge in [0.2, 0.25) is 5.91 Å². The maximum absolute atomic E-state index is 12.3. The molecule has 0 atom stereocenters. The van der Waals surface area contributed by atoms with Crippen molar-refractivity contribution in [3.05, 3.63) is 77.3 Å². The molecule has 0 fully saturated rings. The molecule has 3 amide bonds. The number of aliphatic carboxylic acids is 1. The van der Waals surface area contributed by atoms with E-state index >= 15 is 0 Å². The second-order valence-corrected chi connectivity index (χ2v) is 8.80. The summed E-state index contributed by atoms with van der Waals surface area (Å²) in [5, 5.41) is 19.3. The summed E-state index contributed by atoms with van der Waals surface area (Å²) in [6.07, 6.45) is 4.40. The molecule has 2 heterocycles. The number of nitrogens with one attached hydrogen (secondary N) is 3.